The lowest BCUT2D eigenvalue weighted by atomic mass is 10.1. The van der Waals surface area contributed by atoms with Gasteiger partial charge in [-0.3, -0.25) is 0 Å². The third-order valence-corrected chi connectivity index (χ3v) is 3.62. The number of anilines is 1. The van der Waals surface area contributed by atoms with Gasteiger partial charge in [-0.25, -0.2) is 0 Å². The molecule has 3 rings (SSSR count). The predicted octanol–water partition coefficient (Wildman–Crippen LogP) is 2.93. The van der Waals surface area contributed by atoms with Gasteiger partial charge in [-0.2, -0.15) is 0 Å². The quantitative estimate of drug-likeness (QED) is 0.930. The van der Waals surface area contributed by atoms with Gasteiger partial charge in [-0.1, -0.05) is 36.4 Å². The largest absolute Gasteiger partial charge is 0.487 e. The Morgan fingerprint density at radius 2 is 1.95 bits per heavy atom. The average Bonchev–Trinajstić information content (AvgIpc) is 2.47. The number of hydrogen-bond acceptors (Lipinski definition) is 3. The van der Waals surface area contributed by atoms with E-state index in [-0.39, 0.29) is 6.10 Å². The number of fused-ring (bicyclic) bond motifs is 1. The van der Waals surface area contributed by atoms with Crippen LogP contribution in [0.5, 0.6) is 5.75 Å². The Bertz CT molecular complexity index is 583. The standard InChI is InChI=1S/C17H20N2O/c1-13-11-19(12-14-5-3-2-4-6-14)16-8-7-15(10-18)9-17(16)20-13/h2-9,13H,10-12,18H2,1H3. The Balaban J connectivity index is 1.90. The summed E-state index contributed by atoms with van der Waals surface area (Å²) in [6.07, 6.45) is 0.194. The highest BCUT2D eigenvalue weighted by Crippen LogP contribution is 2.35. The summed E-state index contributed by atoms with van der Waals surface area (Å²) in [5, 5.41) is 0. The molecule has 2 aromatic rings. The van der Waals surface area contributed by atoms with Crippen LogP contribution in [0.25, 0.3) is 0 Å². The minimum absolute atomic E-state index is 0.194. The molecule has 0 amide bonds. The minimum Gasteiger partial charge on any atom is -0.487 e. The highest BCUT2D eigenvalue weighted by Gasteiger charge is 2.23. The van der Waals surface area contributed by atoms with Crippen molar-refractivity contribution in [3.63, 3.8) is 0 Å². The van der Waals surface area contributed by atoms with Crippen molar-refractivity contribution in [3.05, 3.63) is 59.7 Å². The Morgan fingerprint density at radius 1 is 1.15 bits per heavy atom. The maximum atomic E-state index is 5.94. The first-order valence-corrected chi connectivity index (χ1v) is 7.05. The van der Waals surface area contributed by atoms with Gasteiger partial charge < -0.3 is 15.4 Å². The minimum atomic E-state index is 0.194. The van der Waals surface area contributed by atoms with Crippen LogP contribution in [0.2, 0.25) is 0 Å². The summed E-state index contributed by atoms with van der Waals surface area (Å²) >= 11 is 0. The average molecular weight is 268 g/mol. The van der Waals surface area contributed by atoms with Crippen molar-refractivity contribution in [2.75, 3.05) is 11.4 Å². The van der Waals surface area contributed by atoms with Gasteiger partial charge in [0, 0.05) is 13.1 Å². The molecule has 0 radical (unpaired) electrons. The first kappa shape index (κ1) is 13.0. The second-order valence-electron chi connectivity index (χ2n) is 5.30. The molecule has 2 N–H and O–H groups in total. The van der Waals surface area contributed by atoms with Gasteiger partial charge in [0.1, 0.15) is 11.9 Å². The molecule has 1 aliphatic rings. The molecule has 1 atom stereocenters. The molecule has 1 heterocycles. The lowest BCUT2D eigenvalue weighted by molar-refractivity contribution is 0.212. The van der Waals surface area contributed by atoms with E-state index in [1.807, 2.05) is 6.07 Å². The zero-order valence-electron chi connectivity index (χ0n) is 11.8. The van der Waals surface area contributed by atoms with E-state index in [2.05, 4.69) is 54.3 Å². The molecular formula is C17H20N2O. The summed E-state index contributed by atoms with van der Waals surface area (Å²) in [6, 6.07) is 16.8. The Kier molecular flexibility index (Phi) is 3.61. The van der Waals surface area contributed by atoms with Crippen molar-refractivity contribution in [1.82, 2.24) is 0 Å². The SMILES string of the molecule is CC1CN(Cc2ccccc2)c2ccc(CN)cc2O1. The van der Waals surface area contributed by atoms with Crippen molar-refractivity contribution in [1.29, 1.82) is 0 Å². The molecule has 1 aliphatic heterocycles. The van der Waals surface area contributed by atoms with Gasteiger partial charge in [0.05, 0.1) is 12.2 Å². The lowest BCUT2D eigenvalue weighted by Crippen LogP contribution is -2.38. The van der Waals surface area contributed by atoms with E-state index in [0.717, 1.165) is 30.1 Å². The second-order valence-corrected chi connectivity index (χ2v) is 5.30. The van der Waals surface area contributed by atoms with E-state index in [1.165, 1.54) is 5.56 Å². The van der Waals surface area contributed by atoms with Crippen LogP contribution >= 0.6 is 0 Å². The highest BCUT2D eigenvalue weighted by molar-refractivity contribution is 5.61. The number of rotatable bonds is 3. The first-order chi connectivity index (χ1) is 9.76. The molecule has 1 unspecified atom stereocenters. The topological polar surface area (TPSA) is 38.5 Å². The molecular weight excluding hydrogens is 248 g/mol. The van der Waals surface area contributed by atoms with Crippen LogP contribution in [0.3, 0.4) is 0 Å². The van der Waals surface area contributed by atoms with Gasteiger partial charge >= 0.3 is 0 Å². The monoisotopic (exact) mass is 268 g/mol. The van der Waals surface area contributed by atoms with Crippen LogP contribution in [0, 0.1) is 0 Å². The van der Waals surface area contributed by atoms with Crippen LogP contribution in [0.4, 0.5) is 5.69 Å². The van der Waals surface area contributed by atoms with Crippen LogP contribution < -0.4 is 15.4 Å². The zero-order valence-corrected chi connectivity index (χ0v) is 11.8. The molecule has 104 valence electrons. The van der Waals surface area contributed by atoms with Crippen molar-refractivity contribution in [2.45, 2.75) is 26.1 Å². The van der Waals surface area contributed by atoms with Crippen LogP contribution in [-0.4, -0.2) is 12.6 Å². The number of benzene rings is 2. The smallest absolute Gasteiger partial charge is 0.143 e. The predicted molar refractivity (Wildman–Crippen MR) is 81.9 cm³/mol. The molecule has 20 heavy (non-hydrogen) atoms. The van der Waals surface area contributed by atoms with Crippen molar-refractivity contribution in [2.24, 2.45) is 5.73 Å². The van der Waals surface area contributed by atoms with Gasteiger partial charge in [0.2, 0.25) is 0 Å². The van der Waals surface area contributed by atoms with E-state index in [0.29, 0.717) is 6.54 Å². The third kappa shape index (κ3) is 2.63. The Hall–Kier alpha value is -2.00. The fourth-order valence-electron chi connectivity index (χ4n) is 2.66. The molecule has 2 aromatic carbocycles. The van der Waals surface area contributed by atoms with E-state index < -0.39 is 0 Å². The van der Waals surface area contributed by atoms with Gasteiger partial charge in [-0.15, -0.1) is 0 Å². The molecule has 0 fully saturated rings. The Labute approximate surface area is 120 Å². The number of hydrogen-bond donors (Lipinski definition) is 1. The fourth-order valence-corrected chi connectivity index (χ4v) is 2.66. The summed E-state index contributed by atoms with van der Waals surface area (Å²) in [5.41, 5.74) is 9.29. The summed E-state index contributed by atoms with van der Waals surface area (Å²) < 4.78 is 5.94. The summed E-state index contributed by atoms with van der Waals surface area (Å²) in [6.45, 7) is 4.47. The molecule has 0 spiro atoms. The van der Waals surface area contributed by atoms with Gasteiger partial charge in [0.25, 0.3) is 0 Å². The van der Waals surface area contributed by atoms with Crippen LogP contribution in [0.1, 0.15) is 18.1 Å². The second kappa shape index (κ2) is 5.55. The summed E-state index contributed by atoms with van der Waals surface area (Å²) in [7, 11) is 0. The fraction of sp³-hybridized carbons (Fsp3) is 0.294. The van der Waals surface area contributed by atoms with E-state index in [9.17, 15) is 0 Å². The maximum Gasteiger partial charge on any atom is 0.143 e. The van der Waals surface area contributed by atoms with Crippen molar-refractivity contribution in [3.8, 4) is 5.75 Å². The normalized spacial score (nSPS) is 17.5. The molecule has 0 bridgehead atoms. The molecule has 3 nitrogen and oxygen atoms in total. The molecule has 0 aromatic heterocycles. The zero-order chi connectivity index (χ0) is 13.9. The number of ether oxygens (including phenoxy) is 1. The summed E-state index contributed by atoms with van der Waals surface area (Å²) in [4.78, 5) is 2.37. The third-order valence-electron chi connectivity index (χ3n) is 3.62. The van der Waals surface area contributed by atoms with Crippen molar-refractivity contribution >= 4 is 5.69 Å². The van der Waals surface area contributed by atoms with E-state index >= 15 is 0 Å². The molecule has 0 saturated heterocycles. The molecule has 3 heteroatoms. The van der Waals surface area contributed by atoms with Crippen molar-refractivity contribution < 1.29 is 4.74 Å². The van der Waals surface area contributed by atoms with Gasteiger partial charge in [0.15, 0.2) is 0 Å². The van der Waals surface area contributed by atoms with E-state index in [1.54, 1.807) is 0 Å². The van der Waals surface area contributed by atoms with Crippen LogP contribution in [0.15, 0.2) is 48.5 Å². The number of nitrogens with two attached hydrogens (primary N) is 1. The van der Waals surface area contributed by atoms with Crippen LogP contribution in [-0.2, 0) is 13.1 Å². The van der Waals surface area contributed by atoms with Gasteiger partial charge in [-0.05, 0) is 30.2 Å². The molecule has 0 aliphatic carbocycles. The first-order valence-electron chi connectivity index (χ1n) is 7.05. The van der Waals surface area contributed by atoms with E-state index in [4.69, 9.17) is 10.5 Å². The molecule has 0 saturated carbocycles. The lowest BCUT2D eigenvalue weighted by Gasteiger charge is -2.35. The summed E-state index contributed by atoms with van der Waals surface area (Å²) in [5.74, 6) is 0.947. The Morgan fingerprint density at radius 3 is 2.70 bits per heavy atom. The number of nitrogens with zero attached hydrogens (tertiary/aromatic N) is 1. The maximum absolute atomic E-state index is 5.94. The highest BCUT2D eigenvalue weighted by atomic mass is 16.5.